The lowest BCUT2D eigenvalue weighted by Gasteiger charge is -2.04. The van der Waals surface area contributed by atoms with Crippen LogP contribution in [-0.4, -0.2) is 0 Å². The molecule has 0 saturated heterocycles. The van der Waals surface area contributed by atoms with E-state index in [0.29, 0.717) is 16.8 Å². The molecule has 1 aromatic carbocycles. The number of anilines is 1. The SMILES string of the molecule is C=C/C=C(\C=C)c1ccc(N)cc1F. The van der Waals surface area contributed by atoms with Crippen LogP contribution in [0.2, 0.25) is 0 Å². The Morgan fingerprint density at radius 1 is 1.36 bits per heavy atom. The molecule has 0 aliphatic heterocycles. The van der Waals surface area contributed by atoms with E-state index < -0.39 is 0 Å². The Kier molecular flexibility index (Phi) is 3.24. The van der Waals surface area contributed by atoms with Gasteiger partial charge in [0.15, 0.2) is 0 Å². The van der Waals surface area contributed by atoms with Crippen LogP contribution in [-0.2, 0) is 0 Å². The van der Waals surface area contributed by atoms with Crippen LogP contribution in [0.3, 0.4) is 0 Å². The number of nitrogens with two attached hydrogens (primary N) is 1. The van der Waals surface area contributed by atoms with E-state index in [4.69, 9.17) is 5.73 Å². The van der Waals surface area contributed by atoms with E-state index in [2.05, 4.69) is 13.2 Å². The maximum absolute atomic E-state index is 13.4. The molecule has 0 aromatic heterocycles. The molecule has 0 aliphatic rings. The third kappa shape index (κ3) is 2.10. The van der Waals surface area contributed by atoms with Crippen LogP contribution >= 0.6 is 0 Å². The van der Waals surface area contributed by atoms with E-state index in [1.54, 1.807) is 30.4 Å². The maximum Gasteiger partial charge on any atom is 0.133 e. The molecule has 0 saturated carbocycles. The van der Waals surface area contributed by atoms with Gasteiger partial charge in [0.1, 0.15) is 5.82 Å². The largest absolute Gasteiger partial charge is 0.399 e. The first-order valence-electron chi connectivity index (χ1n) is 4.19. The highest BCUT2D eigenvalue weighted by Gasteiger charge is 2.04. The van der Waals surface area contributed by atoms with Crippen LogP contribution in [0.15, 0.2) is 49.6 Å². The van der Waals surface area contributed by atoms with Gasteiger partial charge in [0.25, 0.3) is 0 Å². The summed E-state index contributed by atoms with van der Waals surface area (Å²) in [7, 11) is 0. The Morgan fingerprint density at radius 3 is 2.57 bits per heavy atom. The van der Waals surface area contributed by atoms with Gasteiger partial charge in [-0.3, -0.25) is 0 Å². The van der Waals surface area contributed by atoms with Crippen LogP contribution in [0.1, 0.15) is 5.56 Å². The summed E-state index contributed by atoms with van der Waals surface area (Å²) in [5, 5.41) is 0. The van der Waals surface area contributed by atoms with Crippen molar-refractivity contribution in [3.63, 3.8) is 0 Å². The summed E-state index contributed by atoms with van der Waals surface area (Å²) in [4.78, 5) is 0. The minimum Gasteiger partial charge on any atom is -0.399 e. The van der Waals surface area contributed by atoms with E-state index >= 15 is 0 Å². The Morgan fingerprint density at radius 2 is 2.07 bits per heavy atom. The molecular weight excluding hydrogens is 177 g/mol. The summed E-state index contributed by atoms with van der Waals surface area (Å²) in [5.41, 5.74) is 7.02. The first kappa shape index (κ1) is 10.3. The molecule has 0 bridgehead atoms. The van der Waals surface area contributed by atoms with Gasteiger partial charge >= 0.3 is 0 Å². The summed E-state index contributed by atoms with van der Waals surface area (Å²) in [6, 6.07) is 4.57. The molecule has 0 heterocycles. The highest BCUT2D eigenvalue weighted by atomic mass is 19.1. The topological polar surface area (TPSA) is 26.0 Å². The van der Waals surface area contributed by atoms with Crippen LogP contribution in [0.5, 0.6) is 0 Å². The molecule has 2 N–H and O–H groups in total. The van der Waals surface area contributed by atoms with Crippen molar-refractivity contribution in [1.29, 1.82) is 0 Å². The Balaban J connectivity index is 3.24. The smallest absolute Gasteiger partial charge is 0.133 e. The van der Waals surface area contributed by atoms with Gasteiger partial charge in [0.2, 0.25) is 0 Å². The Labute approximate surface area is 83.1 Å². The maximum atomic E-state index is 13.4. The predicted octanol–water partition coefficient (Wildman–Crippen LogP) is 3.16. The van der Waals surface area contributed by atoms with Gasteiger partial charge in [-0.1, -0.05) is 31.4 Å². The molecule has 1 nitrogen and oxygen atoms in total. The van der Waals surface area contributed by atoms with Gasteiger partial charge < -0.3 is 5.73 Å². The highest BCUT2D eigenvalue weighted by molar-refractivity contribution is 5.75. The summed E-state index contributed by atoms with van der Waals surface area (Å²) in [6.07, 6.45) is 4.87. The number of benzene rings is 1. The molecule has 0 amide bonds. The number of halogens is 1. The second kappa shape index (κ2) is 4.42. The van der Waals surface area contributed by atoms with E-state index in [1.165, 1.54) is 6.07 Å². The fraction of sp³-hybridized carbons (Fsp3) is 0. The quantitative estimate of drug-likeness (QED) is 0.573. The lowest BCUT2D eigenvalue weighted by Crippen LogP contribution is -1.91. The molecule has 0 atom stereocenters. The van der Waals surface area contributed by atoms with Crippen molar-refractivity contribution in [3.8, 4) is 0 Å². The normalized spacial score (nSPS) is 11.1. The van der Waals surface area contributed by atoms with Gasteiger partial charge in [-0.05, 0) is 23.8 Å². The van der Waals surface area contributed by atoms with Gasteiger partial charge in [-0.2, -0.15) is 0 Å². The highest BCUT2D eigenvalue weighted by Crippen LogP contribution is 2.21. The van der Waals surface area contributed by atoms with E-state index in [1.807, 2.05) is 0 Å². The van der Waals surface area contributed by atoms with Crippen molar-refractivity contribution in [3.05, 3.63) is 61.0 Å². The van der Waals surface area contributed by atoms with Crippen LogP contribution < -0.4 is 5.73 Å². The third-order valence-corrected chi connectivity index (χ3v) is 1.82. The third-order valence-electron chi connectivity index (χ3n) is 1.82. The van der Waals surface area contributed by atoms with Crippen molar-refractivity contribution in [2.24, 2.45) is 0 Å². The zero-order chi connectivity index (χ0) is 10.6. The molecule has 14 heavy (non-hydrogen) atoms. The standard InChI is InChI=1S/C12H12FN/c1-3-5-9(4-2)11-7-6-10(14)8-12(11)13/h3-8H,1-2,14H2/b9-5+. The summed E-state index contributed by atoms with van der Waals surface area (Å²) in [6.45, 7) is 7.16. The Bertz CT molecular complexity index is 391. The summed E-state index contributed by atoms with van der Waals surface area (Å²) in [5.74, 6) is -0.349. The van der Waals surface area contributed by atoms with Crippen molar-refractivity contribution in [2.75, 3.05) is 5.73 Å². The zero-order valence-corrected chi connectivity index (χ0v) is 7.83. The van der Waals surface area contributed by atoms with E-state index in [-0.39, 0.29) is 5.82 Å². The molecule has 0 fully saturated rings. The minimum absolute atomic E-state index is 0.349. The Hall–Kier alpha value is -1.83. The minimum atomic E-state index is -0.349. The van der Waals surface area contributed by atoms with E-state index in [9.17, 15) is 4.39 Å². The van der Waals surface area contributed by atoms with E-state index in [0.717, 1.165) is 0 Å². The summed E-state index contributed by atoms with van der Waals surface area (Å²) >= 11 is 0. The molecule has 1 rings (SSSR count). The van der Waals surface area contributed by atoms with Gasteiger partial charge in [-0.15, -0.1) is 0 Å². The number of rotatable bonds is 3. The zero-order valence-electron chi connectivity index (χ0n) is 7.83. The molecule has 1 aromatic rings. The molecular formula is C12H12FN. The first-order chi connectivity index (χ1) is 6.69. The van der Waals surface area contributed by atoms with Crippen molar-refractivity contribution in [1.82, 2.24) is 0 Å². The van der Waals surface area contributed by atoms with Crippen molar-refractivity contribution >= 4 is 11.3 Å². The van der Waals surface area contributed by atoms with Crippen molar-refractivity contribution in [2.45, 2.75) is 0 Å². The summed E-state index contributed by atoms with van der Waals surface area (Å²) < 4.78 is 13.4. The van der Waals surface area contributed by atoms with Gasteiger partial charge in [0, 0.05) is 11.3 Å². The lowest BCUT2D eigenvalue weighted by molar-refractivity contribution is 0.625. The second-order valence-electron chi connectivity index (χ2n) is 2.80. The van der Waals surface area contributed by atoms with Crippen LogP contribution in [0.25, 0.3) is 5.57 Å². The van der Waals surface area contributed by atoms with Gasteiger partial charge in [-0.25, -0.2) is 4.39 Å². The first-order valence-corrected chi connectivity index (χ1v) is 4.19. The number of nitrogen functional groups attached to an aromatic ring is 1. The molecule has 0 spiro atoms. The number of hydrogen-bond donors (Lipinski definition) is 1. The molecule has 72 valence electrons. The van der Waals surface area contributed by atoms with Gasteiger partial charge in [0.05, 0.1) is 0 Å². The molecule has 0 aliphatic carbocycles. The lowest BCUT2D eigenvalue weighted by atomic mass is 10.0. The van der Waals surface area contributed by atoms with Crippen LogP contribution in [0, 0.1) is 5.82 Å². The van der Waals surface area contributed by atoms with Crippen molar-refractivity contribution < 1.29 is 4.39 Å². The molecule has 0 unspecified atom stereocenters. The second-order valence-corrected chi connectivity index (χ2v) is 2.80. The fourth-order valence-electron chi connectivity index (χ4n) is 1.16. The fourth-order valence-corrected chi connectivity index (χ4v) is 1.16. The number of hydrogen-bond acceptors (Lipinski definition) is 1. The monoisotopic (exact) mass is 189 g/mol. The van der Waals surface area contributed by atoms with Crippen LogP contribution in [0.4, 0.5) is 10.1 Å². The predicted molar refractivity (Wildman–Crippen MR) is 59.2 cm³/mol. The number of allylic oxidation sites excluding steroid dienone is 4. The molecule has 2 heteroatoms. The average Bonchev–Trinajstić information content (AvgIpc) is 2.15. The average molecular weight is 189 g/mol. The molecule has 0 radical (unpaired) electrons.